The predicted octanol–water partition coefficient (Wildman–Crippen LogP) is 3.38. The summed E-state index contributed by atoms with van der Waals surface area (Å²) in [6, 6.07) is 15.5. The zero-order valence-electron chi connectivity index (χ0n) is 15.4. The molecule has 0 aliphatic carbocycles. The van der Waals surface area contributed by atoms with Crippen LogP contribution in [-0.4, -0.2) is 43.6 Å². The molecule has 1 aliphatic heterocycles. The van der Waals surface area contributed by atoms with Crippen molar-refractivity contribution in [1.82, 2.24) is 10.2 Å². The van der Waals surface area contributed by atoms with Crippen molar-refractivity contribution in [2.45, 2.75) is 25.8 Å². The Hall–Kier alpha value is -2.53. The molecule has 1 heterocycles. The zero-order valence-corrected chi connectivity index (χ0v) is 15.4. The lowest BCUT2D eigenvalue weighted by Crippen LogP contribution is -2.44. The molecule has 5 nitrogen and oxygen atoms in total. The molecule has 1 amide bonds. The van der Waals surface area contributed by atoms with E-state index < -0.39 is 0 Å². The summed E-state index contributed by atoms with van der Waals surface area (Å²) in [5.74, 6) is 2.11. The highest BCUT2D eigenvalue weighted by molar-refractivity contribution is 5.77. The molecule has 1 N–H and O–H groups in total. The first-order valence-corrected chi connectivity index (χ1v) is 9.04. The van der Waals surface area contributed by atoms with Gasteiger partial charge in [-0.05, 0) is 76.3 Å². The summed E-state index contributed by atoms with van der Waals surface area (Å²) >= 11 is 0. The molecule has 26 heavy (non-hydrogen) atoms. The van der Waals surface area contributed by atoms with Crippen LogP contribution in [0.5, 0.6) is 17.2 Å². The van der Waals surface area contributed by atoms with Crippen molar-refractivity contribution >= 4 is 5.91 Å². The summed E-state index contributed by atoms with van der Waals surface area (Å²) in [7, 11) is 2.10. The molecular formula is C21H26N2O3. The van der Waals surface area contributed by atoms with E-state index in [2.05, 4.69) is 17.3 Å². The topological polar surface area (TPSA) is 50.8 Å². The number of hydrogen-bond donors (Lipinski definition) is 1. The van der Waals surface area contributed by atoms with Crippen LogP contribution in [-0.2, 0) is 4.79 Å². The quantitative estimate of drug-likeness (QED) is 0.864. The van der Waals surface area contributed by atoms with Gasteiger partial charge in [0.2, 0.25) is 0 Å². The Balaban J connectivity index is 1.43. The number of carbonyl (C=O) groups is 1. The van der Waals surface area contributed by atoms with Crippen molar-refractivity contribution in [3.05, 3.63) is 54.1 Å². The highest BCUT2D eigenvalue weighted by atomic mass is 16.5. The summed E-state index contributed by atoms with van der Waals surface area (Å²) in [6.07, 6.45) is 1.99. The van der Waals surface area contributed by atoms with Crippen LogP contribution in [0.1, 0.15) is 18.4 Å². The average Bonchev–Trinajstić information content (AvgIpc) is 2.65. The predicted molar refractivity (Wildman–Crippen MR) is 102 cm³/mol. The van der Waals surface area contributed by atoms with Crippen molar-refractivity contribution in [1.29, 1.82) is 0 Å². The van der Waals surface area contributed by atoms with E-state index in [0.717, 1.165) is 37.4 Å². The van der Waals surface area contributed by atoms with Crippen molar-refractivity contribution in [3.63, 3.8) is 0 Å². The fourth-order valence-electron chi connectivity index (χ4n) is 2.92. The number of ether oxygens (including phenoxy) is 2. The fraction of sp³-hybridized carbons (Fsp3) is 0.381. The lowest BCUT2D eigenvalue weighted by atomic mass is 10.1. The van der Waals surface area contributed by atoms with E-state index in [0.29, 0.717) is 5.75 Å². The summed E-state index contributed by atoms with van der Waals surface area (Å²) in [4.78, 5) is 14.3. The molecule has 0 aromatic heterocycles. The van der Waals surface area contributed by atoms with Gasteiger partial charge in [-0.25, -0.2) is 0 Å². The van der Waals surface area contributed by atoms with Gasteiger partial charge in [-0.15, -0.1) is 0 Å². The van der Waals surface area contributed by atoms with Gasteiger partial charge in [0, 0.05) is 6.04 Å². The van der Waals surface area contributed by atoms with Crippen LogP contribution >= 0.6 is 0 Å². The number of carbonyl (C=O) groups excluding carboxylic acids is 1. The molecule has 5 heteroatoms. The second-order valence-corrected chi connectivity index (χ2v) is 6.82. The summed E-state index contributed by atoms with van der Waals surface area (Å²) < 4.78 is 11.4. The number of amides is 1. The van der Waals surface area contributed by atoms with Gasteiger partial charge < -0.3 is 19.7 Å². The van der Waals surface area contributed by atoms with E-state index in [9.17, 15) is 4.79 Å². The second-order valence-electron chi connectivity index (χ2n) is 6.82. The molecule has 0 radical (unpaired) electrons. The van der Waals surface area contributed by atoms with Gasteiger partial charge in [0.25, 0.3) is 5.91 Å². The monoisotopic (exact) mass is 354 g/mol. The minimum atomic E-state index is -0.0699. The number of rotatable bonds is 6. The highest BCUT2D eigenvalue weighted by Gasteiger charge is 2.18. The molecule has 3 rings (SSSR count). The summed E-state index contributed by atoms with van der Waals surface area (Å²) in [5, 5.41) is 3.04. The van der Waals surface area contributed by atoms with Gasteiger partial charge in [-0.2, -0.15) is 0 Å². The Morgan fingerprint density at radius 1 is 1.00 bits per heavy atom. The Bertz CT molecular complexity index is 705. The number of nitrogens with one attached hydrogen (secondary N) is 1. The van der Waals surface area contributed by atoms with Crippen molar-refractivity contribution in [3.8, 4) is 17.2 Å². The van der Waals surface area contributed by atoms with Crippen molar-refractivity contribution < 1.29 is 14.3 Å². The number of piperidine rings is 1. The normalized spacial score (nSPS) is 15.5. The van der Waals surface area contributed by atoms with Gasteiger partial charge in [-0.3, -0.25) is 4.79 Å². The Kier molecular flexibility index (Phi) is 6.12. The van der Waals surface area contributed by atoms with Gasteiger partial charge in [0.15, 0.2) is 6.61 Å². The van der Waals surface area contributed by atoms with Crippen LogP contribution in [0.3, 0.4) is 0 Å². The highest BCUT2D eigenvalue weighted by Crippen LogP contribution is 2.24. The molecule has 2 aromatic carbocycles. The number of benzene rings is 2. The molecule has 0 saturated carbocycles. The molecule has 0 spiro atoms. The molecule has 2 aromatic rings. The maximum absolute atomic E-state index is 12.0. The van der Waals surface area contributed by atoms with Gasteiger partial charge in [0.1, 0.15) is 17.2 Å². The largest absolute Gasteiger partial charge is 0.484 e. The summed E-state index contributed by atoms with van der Waals surface area (Å²) in [6.45, 7) is 4.12. The van der Waals surface area contributed by atoms with Crippen LogP contribution in [0.2, 0.25) is 0 Å². The molecule has 1 aliphatic rings. The number of aryl methyl sites for hydroxylation is 1. The Morgan fingerprint density at radius 2 is 1.54 bits per heavy atom. The van der Waals surface area contributed by atoms with E-state index >= 15 is 0 Å². The van der Waals surface area contributed by atoms with Gasteiger partial charge in [-0.1, -0.05) is 17.7 Å². The van der Waals surface area contributed by atoms with Crippen LogP contribution < -0.4 is 14.8 Å². The number of nitrogens with zero attached hydrogens (tertiary/aromatic N) is 1. The molecule has 1 saturated heterocycles. The van der Waals surface area contributed by atoms with E-state index in [1.165, 1.54) is 5.56 Å². The molecule has 0 bridgehead atoms. The van der Waals surface area contributed by atoms with Crippen LogP contribution in [0.15, 0.2) is 48.5 Å². The average molecular weight is 354 g/mol. The first kappa shape index (κ1) is 18.3. The van der Waals surface area contributed by atoms with E-state index in [1.54, 1.807) is 0 Å². The van der Waals surface area contributed by atoms with Crippen LogP contribution in [0, 0.1) is 6.92 Å². The maximum atomic E-state index is 12.0. The second kappa shape index (κ2) is 8.72. The Labute approximate surface area is 154 Å². The lowest BCUT2D eigenvalue weighted by molar-refractivity contribution is -0.124. The van der Waals surface area contributed by atoms with Gasteiger partial charge in [0.05, 0.1) is 0 Å². The zero-order chi connectivity index (χ0) is 18.4. The molecular weight excluding hydrogens is 328 g/mol. The molecule has 138 valence electrons. The minimum Gasteiger partial charge on any atom is -0.484 e. The van der Waals surface area contributed by atoms with Crippen LogP contribution in [0.4, 0.5) is 0 Å². The van der Waals surface area contributed by atoms with Crippen molar-refractivity contribution in [2.24, 2.45) is 0 Å². The van der Waals surface area contributed by atoms with Crippen LogP contribution in [0.25, 0.3) is 0 Å². The Morgan fingerprint density at radius 3 is 2.15 bits per heavy atom. The molecule has 0 unspecified atom stereocenters. The number of likely N-dealkylation sites (tertiary alicyclic amines) is 1. The number of hydrogen-bond acceptors (Lipinski definition) is 4. The smallest absolute Gasteiger partial charge is 0.258 e. The first-order valence-electron chi connectivity index (χ1n) is 9.04. The SMILES string of the molecule is Cc1ccc(Oc2ccc(OCC(=O)NC3CCN(C)CC3)cc2)cc1. The maximum Gasteiger partial charge on any atom is 0.258 e. The minimum absolute atomic E-state index is 0.0322. The van der Waals surface area contributed by atoms with Gasteiger partial charge >= 0.3 is 0 Å². The van der Waals surface area contributed by atoms with Crippen molar-refractivity contribution in [2.75, 3.05) is 26.7 Å². The third-order valence-electron chi connectivity index (χ3n) is 4.53. The van der Waals surface area contributed by atoms with E-state index in [1.807, 2.05) is 55.5 Å². The van der Waals surface area contributed by atoms with E-state index in [4.69, 9.17) is 9.47 Å². The lowest BCUT2D eigenvalue weighted by Gasteiger charge is -2.29. The summed E-state index contributed by atoms with van der Waals surface area (Å²) in [5.41, 5.74) is 1.19. The molecule has 0 atom stereocenters. The first-order chi connectivity index (χ1) is 12.6. The fourth-order valence-corrected chi connectivity index (χ4v) is 2.92. The van der Waals surface area contributed by atoms with E-state index in [-0.39, 0.29) is 18.6 Å². The third-order valence-corrected chi connectivity index (χ3v) is 4.53. The third kappa shape index (κ3) is 5.49. The molecule has 1 fully saturated rings. The standard InChI is InChI=1S/C21H26N2O3/c1-16-3-5-19(6-4-16)26-20-9-7-18(8-10-20)25-15-21(24)22-17-11-13-23(2)14-12-17/h3-10,17H,11-15H2,1-2H3,(H,22,24).